The molecule has 0 bridgehead atoms. The van der Waals surface area contributed by atoms with Crippen LogP contribution in [0.15, 0.2) is 23.4 Å². The van der Waals surface area contributed by atoms with E-state index in [4.69, 9.17) is 16.9 Å². The van der Waals surface area contributed by atoms with Crippen LogP contribution < -0.4 is 4.72 Å². The summed E-state index contributed by atoms with van der Waals surface area (Å²) in [5.41, 5.74) is -5.67. The zero-order valence-electron chi connectivity index (χ0n) is 11.7. The lowest BCUT2D eigenvalue weighted by Crippen LogP contribution is -2.30. The average molecular weight is 370 g/mol. The molecule has 0 saturated carbocycles. The van der Waals surface area contributed by atoms with Crippen molar-refractivity contribution >= 4 is 33.0 Å². The summed E-state index contributed by atoms with van der Waals surface area (Å²) in [6.07, 6.45) is 0.201. The van der Waals surface area contributed by atoms with Gasteiger partial charge in [-0.3, -0.25) is 4.72 Å². The molecule has 0 saturated heterocycles. The number of rotatable bonds is 6. The van der Waals surface area contributed by atoms with Crippen molar-refractivity contribution in [2.75, 3.05) is 11.3 Å². The minimum absolute atomic E-state index is 0.0192. The molecule has 0 heterocycles. The summed E-state index contributed by atoms with van der Waals surface area (Å²) < 4.78 is 61.4. The van der Waals surface area contributed by atoms with Crippen LogP contribution in [0.3, 0.4) is 0 Å². The summed E-state index contributed by atoms with van der Waals surface area (Å²) in [6, 6.07) is 5.22. The Bertz CT molecular complexity index is 742. The number of alkyl halides is 3. The van der Waals surface area contributed by atoms with E-state index in [1.807, 2.05) is 0 Å². The number of nitrogens with one attached hydrogen (secondary N) is 1. The lowest BCUT2D eigenvalue weighted by Gasteiger charge is -2.15. The molecule has 1 aromatic rings. The monoisotopic (exact) mass is 369 g/mol. The van der Waals surface area contributed by atoms with Gasteiger partial charge in [0.1, 0.15) is 6.07 Å². The molecule has 0 radical (unpaired) electrons. The number of oxime groups is 1. The Morgan fingerprint density at radius 1 is 1.48 bits per heavy atom. The van der Waals surface area contributed by atoms with Crippen LogP contribution in [0.2, 0.25) is 5.02 Å². The lowest BCUT2D eigenvalue weighted by atomic mass is 10.1. The molecule has 0 atom stereocenters. The number of nitrogens with zero attached hydrogens (tertiary/aromatic N) is 2. The Hall–Kier alpha value is -1.99. The number of sulfonamides is 1. The molecule has 11 heteroatoms. The summed E-state index contributed by atoms with van der Waals surface area (Å²) in [6.45, 7) is 1.26. The summed E-state index contributed by atoms with van der Waals surface area (Å²) in [5, 5.41) is 12.2. The largest absolute Gasteiger partial charge is 0.516 e. The van der Waals surface area contributed by atoms with Gasteiger partial charge in [-0.2, -0.15) is 26.9 Å². The van der Waals surface area contributed by atoms with Gasteiger partial charge in [0.05, 0.1) is 11.4 Å². The minimum Gasteiger partial charge on any atom is -0.380 e. The first kappa shape index (κ1) is 19.1. The third-order valence-electron chi connectivity index (χ3n) is 2.48. The molecule has 0 aromatic heterocycles. The molecule has 0 spiro atoms. The van der Waals surface area contributed by atoms with Gasteiger partial charge in [0.2, 0.25) is 6.61 Å². The Balaban J connectivity index is 3.31. The van der Waals surface area contributed by atoms with E-state index in [9.17, 15) is 21.6 Å². The molecule has 0 aliphatic heterocycles. The van der Waals surface area contributed by atoms with Gasteiger partial charge >= 0.3 is 15.5 Å². The number of hydrogen-bond acceptors (Lipinski definition) is 5. The molecule has 1 aromatic carbocycles. The molecule has 0 amide bonds. The van der Waals surface area contributed by atoms with E-state index >= 15 is 0 Å². The average Bonchev–Trinajstić information content (AvgIpc) is 2.44. The molecule has 0 aliphatic carbocycles. The van der Waals surface area contributed by atoms with Crippen LogP contribution in [0.1, 0.15) is 18.9 Å². The highest BCUT2D eigenvalue weighted by Crippen LogP contribution is 2.29. The van der Waals surface area contributed by atoms with Gasteiger partial charge in [-0.25, -0.2) is 0 Å². The maximum Gasteiger partial charge on any atom is 0.516 e. The fraction of sp³-hybridized carbons (Fsp3) is 0.333. The molecular weight excluding hydrogens is 359 g/mol. The van der Waals surface area contributed by atoms with Crippen molar-refractivity contribution in [3.05, 3.63) is 28.8 Å². The lowest BCUT2D eigenvalue weighted by molar-refractivity contribution is -0.0429. The number of anilines is 1. The van der Waals surface area contributed by atoms with Crippen LogP contribution in [-0.2, 0) is 14.9 Å². The fourth-order valence-electron chi connectivity index (χ4n) is 1.49. The minimum atomic E-state index is -5.59. The highest BCUT2D eigenvalue weighted by atomic mass is 35.5. The zero-order chi connectivity index (χ0) is 17.7. The van der Waals surface area contributed by atoms with E-state index < -0.39 is 15.5 Å². The van der Waals surface area contributed by atoms with Crippen molar-refractivity contribution < 1.29 is 26.4 Å². The molecule has 0 aliphatic rings. The second kappa shape index (κ2) is 7.52. The molecule has 0 unspecified atom stereocenters. The summed E-state index contributed by atoms with van der Waals surface area (Å²) in [4.78, 5) is 4.67. The summed E-state index contributed by atoms with van der Waals surface area (Å²) in [5.74, 6) is 0. The van der Waals surface area contributed by atoms with Crippen LogP contribution >= 0.6 is 11.6 Å². The molecule has 23 heavy (non-hydrogen) atoms. The SMILES string of the molecule is CC/C(=N\OCC#N)c1cc(Cl)ccc1NS(=O)(=O)C(F)(F)F. The third kappa shape index (κ3) is 5.01. The smallest absolute Gasteiger partial charge is 0.380 e. The highest BCUT2D eigenvalue weighted by Gasteiger charge is 2.46. The standard InChI is InChI=1S/C12H11ClF3N3O3S/c1-2-10(18-22-6-5-17)9-7-8(13)3-4-11(9)19-23(20,21)12(14,15)16/h3-4,7,19H,2,6H2,1H3/b18-10+. The van der Waals surface area contributed by atoms with Crippen molar-refractivity contribution in [3.63, 3.8) is 0 Å². The van der Waals surface area contributed by atoms with Crippen LogP contribution in [-0.4, -0.2) is 26.2 Å². The normalized spacial score (nSPS) is 12.6. The molecule has 6 nitrogen and oxygen atoms in total. The van der Waals surface area contributed by atoms with Crippen LogP contribution in [0.4, 0.5) is 18.9 Å². The first-order valence-electron chi connectivity index (χ1n) is 6.07. The van der Waals surface area contributed by atoms with Gasteiger partial charge < -0.3 is 4.84 Å². The molecule has 1 N–H and O–H groups in total. The number of nitriles is 1. The maximum atomic E-state index is 12.5. The molecule has 1 rings (SSSR count). The van der Waals surface area contributed by atoms with E-state index in [1.165, 1.54) is 16.9 Å². The van der Waals surface area contributed by atoms with Gasteiger partial charge in [-0.15, -0.1) is 0 Å². The van der Waals surface area contributed by atoms with E-state index in [0.717, 1.165) is 6.07 Å². The maximum absolute atomic E-state index is 12.5. The predicted molar refractivity (Wildman–Crippen MR) is 78.4 cm³/mol. The number of benzene rings is 1. The highest BCUT2D eigenvalue weighted by molar-refractivity contribution is 7.93. The van der Waals surface area contributed by atoms with Gasteiger partial charge in [-0.05, 0) is 24.6 Å². The van der Waals surface area contributed by atoms with Gasteiger partial charge in [-0.1, -0.05) is 23.7 Å². The second-order valence-corrected chi connectivity index (χ2v) is 6.17. The summed E-state index contributed by atoms with van der Waals surface area (Å²) >= 11 is 5.79. The van der Waals surface area contributed by atoms with E-state index in [1.54, 1.807) is 13.0 Å². The van der Waals surface area contributed by atoms with Gasteiger partial charge in [0.15, 0.2) is 0 Å². The molecule has 0 fully saturated rings. The number of hydrogen-bond donors (Lipinski definition) is 1. The summed E-state index contributed by atoms with van der Waals surface area (Å²) in [7, 11) is -5.59. The van der Waals surface area contributed by atoms with Crippen LogP contribution in [0.5, 0.6) is 0 Å². The topological polar surface area (TPSA) is 91.5 Å². The van der Waals surface area contributed by atoms with E-state index in [-0.39, 0.29) is 35.0 Å². The quantitative estimate of drug-likeness (QED) is 0.473. The van der Waals surface area contributed by atoms with Crippen molar-refractivity contribution in [3.8, 4) is 6.07 Å². The Morgan fingerprint density at radius 3 is 2.65 bits per heavy atom. The van der Waals surface area contributed by atoms with Crippen molar-refractivity contribution in [1.82, 2.24) is 0 Å². The zero-order valence-corrected chi connectivity index (χ0v) is 13.3. The van der Waals surface area contributed by atoms with Crippen LogP contribution in [0, 0.1) is 11.3 Å². The van der Waals surface area contributed by atoms with Crippen molar-refractivity contribution in [2.24, 2.45) is 5.16 Å². The molecular formula is C12H11ClF3N3O3S. The van der Waals surface area contributed by atoms with Crippen molar-refractivity contribution in [1.29, 1.82) is 5.26 Å². The first-order valence-corrected chi connectivity index (χ1v) is 7.93. The van der Waals surface area contributed by atoms with Gasteiger partial charge in [0, 0.05) is 10.6 Å². The van der Waals surface area contributed by atoms with Crippen molar-refractivity contribution in [2.45, 2.75) is 18.9 Å². The van der Waals surface area contributed by atoms with Crippen LogP contribution in [0.25, 0.3) is 0 Å². The Morgan fingerprint density at radius 2 is 2.13 bits per heavy atom. The predicted octanol–water partition coefficient (Wildman–Crippen LogP) is 3.26. The van der Waals surface area contributed by atoms with E-state index in [2.05, 4.69) is 9.99 Å². The Kier molecular flexibility index (Phi) is 6.23. The first-order chi connectivity index (χ1) is 10.6. The second-order valence-electron chi connectivity index (χ2n) is 4.06. The van der Waals surface area contributed by atoms with E-state index in [0.29, 0.717) is 0 Å². The third-order valence-corrected chi connectivity index (χ3v) is 3.81. The van der Waals surface area contributed by atoms with Gasteiger partial charge in [0.25, 0.3) is 0 Å². The fourth-order valence-corrected chi connectivity index (χ4v) is 2.25. The number of halogens is 4. The Labute approximate surface area is 135 Å². The molecule has 126 valence electrons.